The van der Waals surface area contributed by atoms with Crippen molar-refractivity contribution in [2.75, 3.05) is 0 Å². The number of rotatable bonds is 0. The van der Waals surface area contributed by atoms with E-state index in [2.05, 4.69) is 52.9 Å². The van der Waals surface area contributed by atoms with Gasteiger partial charge in [0.25, 0.3) is 0 Å². The van der Waals surface area contributed by atoms with E-state index in [1.807, 2.05) is 6.07 Å². The SMILES string of the molecule is [B]c1ccc2c(c1)Cc1cc(I)ccc1-2. The Balaban J connectivity index is 2.24. The molecule has 0 fully saturated rings. The summed E-state index contributed by atoms with van der Waals surface area (Å²) in [4.78, 5) is 0. The van der Waals surface area contributed by atoms with Crippen LogP contribution in [0.3, 0.4) is 0 Å². The first-order valence-corrected chi connectivity index (χ1v) is 5.99. The normalized spacial score (nSPS) is 12.3. The molecule has 2 heteroatoms. The van der Waals surface area contributed by atoms with Crippen LogP contribution < -0.4 is 5.46 Å². The highest BCUT2D eigenvalue weighted by Gasteiger charge is 2.17. The van der Waals surface area contributed by atoms with Crippen LogP contribution in [0.1, 0.15) is 11.1 Å². The van der Waals surface area contributed by atoms with Crippen LogP contribution in [-0.2, 0) is 6.42 Å². The lowest BCUT2D eigenvalue weighted by Crippen LogP contribution is -2.01. The van der Waals surface area contributed by atoms with Gasteiger partial charge in [-0.25, -0.2) is 0 Å². The molecule has 0 nitrogen and oxygen atoms in total. The van der Waals surface area contributed by atoms with Gasteiger partial charge in [-0.05, 0) is 63.4 Å². The zero-order valence-electron chi connectivity index (χ0n) is 8.13. The summed E-state index contributed by atoms with van der Waals surface area (Å²) in [6.07, 6.45) is 1.02. The average Bonchev–Trinajstić information content (AvgIpc) is 2.53. The van der Waals surface area contributed by atoms with Crippen molar-refractivity contribution in [1.29, 1.82) is 0 Å². The molecule has 0 heterocycles. The van der Waals surface area contributed by atoms with Crippen molar-refractivity contribution in [2.24, 2.45) is 0 Å². The van der Waals surface area contributed by atoms with E-state index in [0.717, 1.165) is 11.9 Å². The molecule has 0 atom stereocenters. The predicted molar refractivity (Wildman–Crippen MR) is 72.8 cm³/mol. The Morgan fingerprint density at radius 3 is 2.40 bits per heavy atom. The summed E-state index contributed by atoms with van der Waals surface area (Å²) in [5, 5.41) is 0. The van der Waals surface area contributed by atoms with Crippen LogP contribution in [-0.4, -0.2) is 7.85 Å². The molecule has 0 N–H and O–H groups in total. The van der Waals surface area contributed by atoms with Crippen LogP contribution in [0.2, 0.25) is 0 Å². The maximum absolute atomic E-state index is 5.79. The monoisotopic (exact) mass is 302 g/mol. The van der Waals surface area contributed by atoms with E-state index in [-0.39, 0.29) is 0 Å². The maximum atomic E-state index is 5.79. The molecule has 0 amide bonds. The Labute approximate surface area is 104 Å². The summed E-state index contributed by atoms with van der Waals surface area (Å²) in [5.41, 5.74) is 6.34. The van der Waals surface area contributed by atoms with E-state index in [9.17, 15) is 0 Å². The Bertz CT molecular complexity index is 497. The van der Waals surface area contributed by atoms with E-state index in [4.69, 9.17) is 7.85 Å². The molecule has 1 aliphatic rings. The first-order chi connectivity index (χ1) is 7.24. The molecule has 0 unspecified atom stereocenters. The second-order valence-corrected chi connectivity index (χ2v) is 5.14. The summed E-state index contributed by atoms with van der Waals surface area (Å²) in [6.45, 7) is 0. The summed E-state index contributed by atoms with van der Waals surface area (Å²) >= 11 is 2.35. The molecule has 0 aliphatic heterocycles. The van der Waals surface area contributed by atoms with Crippen LogP contribution in [0, 0.1) is 3.57 Å². The molecule has 3 rings (SSSR count). The molecule has 2 aromatic carbocycles. The van der Waals surface area contributed by atoms with Crippen molar-refractivity contribution >= 4 is 35.9 Å². The number of hydrogen-bond donors (Lipinski definition) is 0. The predicted octanol–water partition coefficient (Wildman–Crippen LogP) is 2.66. The Morgan fingerprint density at radius 2 is 1.60 bits per heavy atom. The highest BCUT2D eigenvalue weighted by atomic mass is 127. The molecule has 2 radical (unpaired) electrons. The van der Waals surface area contributed by atoms with Gasteiger partial charge in [0.2, 0.25) is 0 Å². The first kappa shape index (κ1) is 9.46. The van der Waals surface area contributed by atoms with Gasteiger partial charge in [0.1, 0.15) is 7.85 Å². The molecule has 1 aliphatic carbocycles. The number of fused-ring (bicyclic) bond motifs is 3. The molecule has 0 saturated carbocycles. The molecular formula is C13H8BI. The lowest BCUT2D eigenvalue weighted by atomic mass is 9.92. The van der Waals surface area contributed by atoms with Gasteiger partial charge >= 0.3 is 0 Å². The maximum Gasteiger partial charge on any atom is 0.113 e. The van der Waals surface area contributed by atoms with Crippen molar-refractivity contribution in [1.82, 2.24) is 0 Å². The van der Waals surface area contributed by atoms with E-state index in [1.165, 1.54) is 25.8 Å². The molecule has 0 spiro atoms. The molecular weight excluding hydrogens is 294 g/mol. The summed E-state index contributed by atoms with van der Waals surface area (Å²) in [6, 6.07) is 12.8. The largest absolute Gasteiger partial charge is 0.113 e. The minimum atomic E-state index is 0.858. The van der Waals surface area contributed by atoms with E-state index in [0.29, 0.717) is 0 Å². The Hall–Kier alpha value is -0.765. The first-order valence-electron chi connectivity index (χ1n) is 4.91. The molecule has 0 aromatic heterocycles. The van der Waals surface area contributed by atoms with Gasteiger partial charge in [0.15, 0.2) is 0 Å². The summed E-state index contributed by atoms with van der Waals surface area (Å²) < 4.78 is 1.30. The van der Waals surface area contributed by atoms with Crippen molar-refractivity contribution in [3.05, 3.63) is 51.1 Å². The van der Waals surface area contributed by atoms with Crippen molar-refractivity contribution in [3.63, 3.8) is 0 Å². The fraction of sp³-hybridized carbons (Fsp3) is 0.0769. The van der Waals surface area contributed by atoms with Crippen LogP contribution in [0.25, 0.3) is 11.1 Å². The third-order valence-electron chi connectivity index (χ3n) is 2.87. The average molecular weight is 302 g/mol. The fourth-order valence-electron chi connectivity index (χ4n) is 2.20. The number of hydrogen-bond acceptors (Lipinski definition) is 0. The van der Waals surface area contributed by atoms with Crippen LogP contribution >= 0.6 is 22.6 Å². The minimum Gasteiger partial charge on any atom is -0.0963 e. The third kappa shape index (κ3) is 1.51. The summed E-state index contributed by atoms with van der Waals surface area (Å²) in [7, 11) is 5.79. The second-order valence-electron chi connectivity index (χ2n) is 3.89. The second kappa shape index (κ2) is 3.37. The summed E-state index contributed by atoms with van der Waals surface area (Å²) in [5.74, 6) is 0. The smallest absolute Gasteiger partial charge is 0.0963 e. The van der Waals surface area contributed by atoms with E-state index >= 15 is 0 Å². The zero-order valence-corrected chi connectivity index (χ0v) is 10.3. The van der Waals surface area contributed by atoms with Crippen LogP contribution in [0.5, 0.6) is 0 Å². The van der Waals surface area contributed by atoms with Crippen molar-refractivity contribution in [3.8, 4) is 11.1 Å². The molecule has 70 valence electrons. The molecule has 2 aromatic rings. The van der Waals surface area contributed by atoms with Crippen LogP contribution in [0.4, 0.5) is 0 Å². The van der Waals surface area contributed by atoms with Crippen molar-refractivity contribution in [2.45, 2.75) is 6.42 Å². The standard InChI is InChI=1S/C13H8BI/c14-10-1-3-12-8(6-10)5-9-7-11(15)2-4-13(9)12/h1-4,6-7H,5H2. The Morgan fingerprint density at radius 1 is 0.933 bits per heavy atom. The number of halogens is 1. The van der Waals surface area contributed by atoms with Gasteiger partial charge in [-0.15, -0.1) is 0 Å². The zero-order chi connectivity index (χ0) is 10.4. The fourth-order valence-corrected chi connectivity index (χ4v) is 2.75. The third-order valence-corrected chi connectivity index (χ3v) is 3.54. The minimum absolute atomic E-state index is 0.858. The highest BCUT2D eigenvalue weighted by Crippen LogP contribution is 2.36. The van der Waals surface area contributed by atoms with Gasteiger partial charge < -0.3 is 0 Å². The highest BCUT2D eigenvalue weighted by molar-refractivity contribution is 14.1. The van der Waals surface area contributed by atoms with Gasteiger partial charge in [-0.1, -0.05) is 29.7 Å². The quantitative estimate of drug-likeness (QED) is 0.442. The van der Waals surface area contributed by atoms with E-state index < -0.39 is 0 Å². The van der Waals surface area contributed by atoms with Gasteiger partial charge in [-0.3, -0.25) is 0 Å². The van der Waals surface area contributed by atoms with Gasteiger partial charge in [-0.2, -0.15) is 0 Å². The van der Waals surface area contributed by atoms with E-state index in [1.54, 1.807) is 0 Å². The lowest BCUT2D eigenvalue weighted by molar-refractivity contribution is 1.26. The van der Waals surface area contributed by atoms with Crippen LogP contribution in [0.15, 0.2) is 36.4 Å². The van der Waals surface area contributed by atoms with Crippen molar-refractivity contribution < 1.29 is 0 Å². The van der Waals surface area contributed by atoms with Gasteiger partial charge in [0, 0.05) is 3.57 Å². The molecule has 15 heavy (non-hydrogen) atoms. The molecule has 0 saturated heterocycles. The number of benzene rings is 2. The Kier molecular flexibility index (Phi) is 2.13. The molecule has 0 bridgehead atoms. The lowest BCUT2D eigenvalue weighted by Gasteiger charge is -2.01. The van der Waals surface area contributed by atoms with Gasteiger partial charge in [0.05, 0.1) is 0 Å². The topological polar surface area (TPSA) is 0 Å².